The highest BCUT2D eigenvalue weighted by molar-refractivity contribution is 5.12. The zero-order valence-corrected chi connectivity index (χ0v) is 12.7. The predicted molar refractivity (Wildman–Crippen MR) is 77.3 cm³/mol. The van der Waals surface area contributed by atoms with Crippen molar-refractivity contribution in [3.63, 3.8) is 0 Å². The van der Waals surface area contributed by atoms with E-state index in [0.29, 0.717) is 6.04 Å². The van der Waals surface area contributed by atoms with Crippen LogP contribution in [0.5, 0.6) is 0 Å². The number of aromatic nitrogens is 2. The minimum Gasteiger partial charge on any atom is -0.374 e. The summed E-state index contributed by atoms with van der Waals surface area (Å²) in [5, 5.41) is 7.93. The summed E-state index contributed by atoms with van der Waals surface area (Å²) in [6.45, 7) is 4.94. The summed E-state index contributed by atoms with van der Waals surface area (Å²) in [5.74, 6) is 0. The summed E-state index contributed by atoms with van der Waals surface area (Å²) in [5.41, 5.74) is 2.38. The fourth-order valence-electron chi connectivity index (χ4n) is 3.47. The molecule has 1 unspecified atom stereocenters. The molecule has 4 nitrogen and oxygen atoms in total. The maximum absolute atomic E-state index is 6.17. The normalized spacial score (nSPS) is 19.8. The molecule has 1 fully saturated rings. The van der Waals surface area contributed by atoms with Crippen molar-refractivity contribution in [3.8, 4) is 0 Å². The van der Waals surface area contributed by atoms with E-state index in [-0.39, 0.29) is 5.60 Å². The van der Waals surface area contributed by atoms with Crippen LogP contribution in [-0.2, 0) is 18.2 Å². The van der Waals surface area contributed by atoms with Crippen LogP contribution in [0, 0.1) is 6.92 Å². The maximum Gasteiger partial charge on any atom is 0.0838 e. The van der Waals surface area contributed by atoms with Gasteiger partial charge in [-0.3, -0.25) is 4.68 Å². The largest absolute Gasteiger partial charge is 0.374 e. The standard InChI is InChI=1S/C15H27N3O/c1-5-19-15(8-6-7-9-15)14(16-3)11-13-10-12(2)17-18(13)4/h10,14,16H,5-9,11H2,1-4H3. The topological polar surface area (TPSA) is 39.1 Å². The summed E-state index contributed by atoms with van der Waals surface area (Å²) >= 11 is 0. The molecule has 0 aromatic carbocycles. The number of ether oxygens (including phenoxy) is 1. The van der Waals surface area contributed by atoms with Crippen molar-refractivity contribution in [1.82, 2.24) is 15.1 Å². The van der Waals surface area contributed by atoms with Crippen molar-refractivity contribution in [3.05, 3.63) is 17.5 Å². The lowest BCUT2D eigenvalue weighted by atomic mass is 9.88. The average molecular weight is 265 g/mol. The fraction of sp³-hybridized carbons (Fsp3) is 0.800. The minimum atomic E-state index is 0.0156. The maximum atomic E-state index is 6.17. The van der Waals surface area contributed by atoms with Gasteiger partial charge in [-0.25, -0.2) is 0 Å². The summed E-state index contributed by atoms with van der Waals surface area (Å²) in [6, 6.07) is 2.55. The van der Waals surface area contributed by atoms with Gasteiger partial charge in [-0.1, -0.05) is 12.8 Å². The van der Waals surface area contributed by atoms with Gasteiger partial charge in [0.05, 0.1) is 11.3 Å². The van der Waals surface area contributed by atoms with Crippen molar-refractivity contribution in [2.75, 3.05) is 13.7 Å². The molecule has 1 saturated carbocycles. The zero-order valence-electron chi connectivity index (χ0n) is 12.7. The number of nitrogens with zero attached hydrogens (tertiary/aromatic N) is 2. The van der Waals surface area contributed by atoms with E-state index < -0.39 is 0 Å². The van der Waals surface area contributed by atoms with Crippen molar-refractivity contribution < 1.29 is 4.74 Å². The molecule has 0 spiro atoms. The zero-order chi connectivity index (χ0) is 13.9. The van der Waals surface area contributed by atoms with Crippen LogP contribution in [0.25, 0.3) is 0 Å². The van der Waals surface area contributed by atoms with Crippen LogP contribution in [0.4, 0.5) is 0 Å². The Balaban J connectivity index is 2.16. The number of aryl methyl sites for hydroxylation is 2. The summed E-state index contributed by atoms with van der Waals surface area (Å²) in [7, 11) is 4.07. The molecule has 4 heteroatoms. The van der Waals surface area contributed by atoms with Crippen molar-refractivity contribution in [1.29, 1.82) is 0 Å². The average Bonchev–Trinajstić information content (AvgIpc) is 2.95. The van der Waals surface area contributed by atoms with Gasteiger partial charge in [-0.15, -0.1) is 0 Å². The van der Waals surface area contributed by atoms with E-state index in [1.54, 1.807) is 0 Å². The third-order valence-corrected chi connectivity index (χ3v) is 4.38. The Hall–Kier alpha value is -0.870. The van der Waals surface area contributed by atoms with Crippen LogP contribution in [0.2, 0.25) is 0 Å². The number of rotatable bonds is 6. The first-order chi connectivity index (χ1) is 9.11. The molecule has 2 rings (SSSR count). The Morgan fingerprint density at radius 3 is 2.63 bits per heavy atom. The molecule has 0 radical (unpaired) electrons. The number of hydrogen-bond donors (Lipinski definition) is 1. The van der Waals surface area contributed by atoms with Gasteiger partial charge in [0.25, 0.3) is 0 Å². The van der Waals surface area contributed by atoms with E-state index in [1.165, 1.54) is 31.4 Å². The van der Waals surface area contributed by atoms with Crippen LogP contribution in [0.1, 0.15) is 44.0 Å². The van der Waals surface area contributed by atoms with Crippen LogP contribution in [0.15, 0.2) is 6.07 Å². The third kappa shape index (κ3) is 3.00. The molecule has 0 saturated heterocycles. The number of nitrogens with one attached hydrogen (secondary N) is 1. The van der Waals surface area contributed by atoms with Gasteiger partial charge in [-0.05, 0) is 39.8 Å². The van der Waals surface area contributed by atoms with E-state index in [2.05, 4.69) is 23.4 Å². The van der Waals surface area contributed by atoms with Crippen LogP contribution in [-0.4, -0.2) is 35.1 Å². The highest BCUT2D eigenvalue weighted by Gasteiger charge is 2.41. The van der Waals surface area contributed by atoms with Gasteiger partial charge in [0, 0.05) is 31.8 Å². The summed E-state index contributed by atoms with van der Waals surface area (Å²) < 4.78 is 8.16. The van der Waals surface area contributed by atoms with Crippen LogP contribution >= 0.6 is 0 Å². The second kappa shape index (κ2) is 6.06. The highest BCUT2D eigenvalue weighted by Crippen LogP contribution is 2.37. The Labute approximate surface area is 116 Å². The SMILES string of the molecule is CCOC1(C(Cc2cc(C)nn2C)NC)CCCC1. The van der Waals surface area contributed by atoms with Gasteiger partial charge in [-0.2, -0.15) is 5.10 Å². The first kappa shape index (κ1) is 14.5. The Morgan fingerprint density at radius 1 is 1.47 bits per heavy atom. The highest BCUT2D eigenvalue weighted by atomic mass is 16.5. The van der Waals surface area contributed by atoms with Gasteiger partial charge < -0.3 is 10.1 Å². The molecular weight excluding hydrogens is 238 g/mol. The molecule has 1 aromatic rings. The minimum absolute atomic E-state index is 0.0156. The van der Waals surface area contributed by atoms with Crippen molar-refractivity contribution in [2.45, 2.75) is 57.6 Å². The third-order valence-electron chi connectivity index (χ3n) is 4.38. The predicted octanol–water partition coefficient (Wildman–Crippen LogP) is 2.21. The molecule has 1 heterocycles. The van der Waals surface area contributed by atoms with E-state index in [0.717, 1.165) is 18.7 Å². The Morgan fingerprint density at radius 2 is 2.16 bits per heavy atom. The quantitative estimate of drug-likeness (QED) is 0.857. The second-order valence-corrected chi connectivity index (χ2v) is 5.65. The molecule has 1 aliphatic rings. The van der Waals surface area contributed by atoms with Gasteiger partial charge in [0.2, 0.25) is 0 Å². The molecule has 0 amide bonds. The van der Waals surface area contributed by atoms with Gasteiger partial charge >= 0.3 is 0 Å². The van der Waals surface area contributed by atoms with Gasteiger partial charge in [0.15, 0.2) is 0 Å². The Bertz CT molecular complexity index is 408. The lowest BCUT2D eigenvalue weighted by molar-refractivity contribution is -0.0600. The van der Waals surface area contributed by atoms with Crippen LogP contribution in [0.3, 0.4) is 0 Å². The molecule has 19 heavy (non-hydrogen) atoms. The molecule has 108 valence electrons. The van der Waals surface area contributed by atoms with E-state index in [1.807, 2.05) is 25.7 Å². The Kier molecular flexibility index (Phi) is 4.63. The molecule has 0 aliphatic heterocycles. The first-order valence-corrected chi connectivity index (χ1v) is 7.42. The molecule has 1 aliphatic carbocycles. The van der Waals surface area contributed by atoms with Crippen molar-refractivity contribution in [2.24, 2.45) is 7.05 Å². The monoisotopic (exact) mass is 265 g/mol. The number of hydrogen-bond acceptors (Lipinski definition) is 3. The smallest absolute Gasteiger partial charge is 0.0838 e. The van der Waals surface area contributed by atoms with E-state index >= 15 is 0 Å². The first-order valence-electron chi connectivity index (χ1n) is 7.42. The molecule has 1 atom stereocenters. The lowest BCUT2D eigenvalue weighted by Crippen LogP contribution is -2.51. The van der Waals surface area contributed by atoms with Crippen LogP contribution < -0.4 is 5.32 Å². The molecule has 1 N–H and O–H groups in total. The summed E-state index contributed by atoms with van der Waals surface area (Å²) in [4.78, 5) is 0. The summed E-state index contributed by atoms with van der Waals surface area (Å²) in [6.07, 6.45) is 5.88. The molecule has 1 aromatic heterocycles. The molecule has 0 bridgehead atoms. The molecular formula is C15H27N3O. The van der Waals surface area contributed by atoms with E-state index in [9.17, 15) is 0 Å². The second-order valence-electron chi connectivity index (χ2n) is 5.65. The van der Waals surface area contributed by atoms with Gasteiger partial charge in [0.1, 0.15) is 0 Å². The lowest BCUT2D eigenvalue weighted by Gasteiger charge is -2.37. The van der Waals surface area contributed by atoms with Crippen molar-refractivity contribution >= 4 is 0 Å². The van der Waals surface area contributed by atoms with E-state index in [4.69, 9.17) is 4.74 Å². The fourth-order valence-corrected chi connectivity index (χ4v) is 3.47. The number of likely N-dealkylation sites (N-methyl/N-ethyl adjacent to an activating group) is 1.